The van der Waals surface area contributed by atoms with Crippen molar-refractivity contribution in [1.29, 1.82) is 0 Å². The van der Waals surface area contributed by atoms with Crippen LogP contribution in [0.25, 0.3) is 0 Å². The van der Waals surface area contributed by atoms with Crippen LogP contribution in [0.1, 0.15) is 70.6 Å². The summed E-state index contributed by atoms with van der Waals surface area (Å²) in [5, 5.41) is 3.73. The molecule has 3 nitrogen and oxygen atoms in total. The molecule has 3 aliphatic heterocycles. The SMILES string of the molecule is c1ccc(N2CC3CNCC3C23CCN(C2CCCCCCCCC2)CC3)cc1. The number of likely N-dealkylation sites (tertiary alicyclic amines) is 1. The molecule has 1 aromatic carbocycles. The molecule has 0 amide bonds. The molecule has 1 aliphatic carbocycles. The van der Waals surface area contributed by atoms with E-state index in [1.807, 2.05) is 0 Å². The first-order chi connectivity index (χ1) is 14.4. The van der Waals surface area contributed by atoms with Crippen molar-refractivity contribution >= 4 is 5.69 Å². The second kappa shape index (κ2) is 8.98. The van der Waals surface area contributed by atoms with Gasteiger partial charge >= 0.3 is 0 Å². The number of benzene rings is 1. The molecule has 0 aromatic heterocycles. The minimum atomic E-state index is 0.391. The maximum atomic E-state index is 3.73. The number of nitrogens with one attached hydrogen (secondary N) is 1. The Balaban J connectivity index is 1.30. The van der Waals surface area contributed by atoms with Gasteiger partial charge in [0.05, 0.1) is 0 Å². The van der Waals surface area contributed by atoms with Gasteiger partial charge in [0.2, 0.25) is 0 Å². The van der Waals surface area contributed by atoms with Crippen molar-refractivity contribution in [1.82, 2.24) is 10.2 Å². The third kappa shape index (κ3) is 3.97. The molecule has 160 valence electrons. The molecule has 2 unspecified atom stereocenters. The Morgan fingerprint density at radius 3 is 2.14 bits per heavy atom. The second-order valence-electron chi connectivity index (χ2n) is 10.3. The monoisotopic (exact) mass is 395 g/mol. The van der Waals surface area contributed by atoms with Gasteiger partial charge in [-0.05, 0) is 43.7 Å². The topological polar surface area (TPSA) is 18.5 Å². The highest BCUT2D eigenvalue weighted by Gasteiger charge is 2.56. The van der Waals surface area contributed by atoms with Crippen LogP contribution < -0.4 is 10.2 Å². The molecule has 3 heterocycles. The van der Waals surface area contributed by atoms with Crippen molar-refractivity contribution < 1.29 is 0 Å². The van der Waals surface area contributed by atoms with Gasteiger partial charge in [-0.2, -0.15) is 0 Å². The van der Waals surface area contributed by atoms with Gasteiger partial charge < -0.3 is 15.1 Å². The molecule has 0 bridgehead atoms. The van der Waals surface area contributed by atoms with Crippen molar-refractivity contribution in [2.24, 2.45) is 11.8 Å². The minimum Gasteiger partial charge on any atom is -0.365 e. The Morgan fingerprint density at radius 2 is 1.45 bits per heavy atom. The van der Waals surface area contributed by atoms with Gasteiger partial charge in [-0.1, -0.05) is 63.1 Å². The fraction of sp³-hybridized carbons (Fsp3) is 0.769. The fourth-order valence-corrected chi connectivity index (χ4v) is 7.21. The summed E-state index contributed by atoms with van der Waals surface area (Å²) < 4.78 is 0. The highest BCUT2D eigenvalue weighted by molar-refractivity contribution is 5.52. The smallest absolute Gasteiger partial charge is 0.0470 e. The molecular weight excluding hydrogens is 354 g/mol. The zero-order valence-corrected chi connectivity index (χ0v) is 18.3. The highest BCUT2D eigenvalue weighted by atomic mass is 15.3. The zero-order chi connectivity index (χ0) is 19.5. The zero-order valence-electron chi connectivity index (χ0n) is 18.3. The van der Waals surface area contributed by atoms with Crippen LogP contribution in [0.3, 0.4) is 0 Å². The minimum absolute atomic E-state index is 0.391. The average Bonchev–Trinajstić information content (AvgIpc) is 3.35. The van der Waals surface area contributed by atoms with E-state index in [2.05, 4.69) is 45.4 Å². The molecule has 2 atom stereocenters. The molecule has 4 fully saturated rings. The first-order valence-corrected chi connectivity index (χ1v) is 12.6. The Labute approximate surface area is 178 Å². The van der Waals surface area contributed by atoms with Crippen LogP contribution in [0.2, 0.25) is 0 Å². The number of piperidine rings is 1. The lowest BCUT2D eigenvalue weighted by Gasteiger charge is -2.50. The van der Waals surface area contributed by atoms with Gasteiger partial charge in [0.1, 0.15) is 0 Å². The van der Waals surface area contributed by atoms with E-state index >= 15 is 0 Å². The molecule has 0 radical (unpaired) electrons. The van der Waals surface area contributed by atoms with Gasteiger partial charge in [0.15, 0.2) is 0 Å². The number of hydrogen-bond donors (Lipinski definition) is 1. The van der Waals surface area contributed by atoms with Crippen LogP contribution in [0.4, 0.5) is 5.69 Å². The Kier molecular flexibility index (Phi) is 6.15. The Bertz CT molecular complexity index is 627. The van der Waals surface area contributed by atoms with E-state index < -0.39 is 0 Å². The quantitative estimate of drug-likeness (QED) is 0.754. The number of para-hydroxylation sites is 1. The van der Waals surface area contributed by atoms with Crippen molar-refractivity contribution in [3.63, 3.8) is 0 Å². The Hall–Kier alpha value is -1.06. The van der Waals surface area contributed by atoms with E-state index in [9.17, 15) is 0 Å². The summed E-state index contributed by atoms with van der Waals surface area (Å²) in [7, 11) is 0. The molecule has 1 saturated carbocycles. The molecule has 1 aromatic rings. The van der Waals surface area contributed by atoms with E-state index in [0.29, 0.717) is 5.54 Å². The van der Waals surface area contributed by atoms with Gasteiger partial charge in [-0.3, -0.25) is 0 Å². The maximum Gasteiger partial charge on any atom is 0.0470 e. The van der Waals surface area contributed by atoms with E-state index in [1.165, 1.54) is 109 Å². The van der Waals surface area contributed by atoms with E-state index in [4.69, 9.17) is 0 Å². The summed E-state index contributed by atoms with van der Waals surface area (Å²) in [5.74, 6) is 1.68. The highest BCUT2D eigenvalue weighted by Crippen LogP contribution is 2.49. The summed E-state index contributed by atoms with van der Waals surface area (Å²) in [6, 6.07) is 12.2. The summed E-state index contributed by atoms with van der Waals surface area (Å²) in [6.45, 7) is 6.35. The fourth-order valence-electron chi connectivity index (χ4n) is 7.21. The summed E-state index contributed by atoms with van der Waals surface area (Å²) >= 11 is 0. The lowest BCUT2D eigenvalue weighted by Crippen LogP contribution is -2.58. The number of fused-ring (bicyclic) bond motifs is 2. The Morgan fingerprint density at radius 1 is 0.793 bits per heavy atom. The van der Waals surface area contributed by atoms with E-state index in [-0.39, 0.29) is 0 Å². The molecule has 1 spiro atoms. The standard InChI is InChI=1S/C26H41N3/c1-2-4-7-11-23(12-8-5-3-1)28-17-15-26(16-18-28)25-20-27-19-22(25)21-29(26)24-13-9-6-10-14-24/h6,9-10,13-14,22-23,25,27H,1-5,7-8,11-12,15-21H2. The van der Waals surface area contributed by atoms with Gasteiger partial charge in [-0.25, -0.2) is 0 Å². The van der Waals surface area contributed by atoms with Crippen LogP contribution in [0.5, 0.6) is 0 Å². The van der Waals surface area contributed by atoms with E-state index in [0.717, 1.165) is 17.9 Å². The summed E-state index contributed by atoms with van der Waals surface area (Å²) in [5.41, 5.74) is 1.86. The lowest BCUT2D eigenvalue weighted by atomic mass is 9.74. The molecule has 4 aliphatic rings. The van der Waals surface area contributed by atoms with Crippen molar-refractivity contribution in [2.45, 2.75) is 82.2 Å². The number of nitrogens with zero attached hydrogens (tertiary/aromatic N) is 2. The van der Waals surface area contributed by atoms with Gasteiger partial charge in [-0.15, -0.1) is 0 Å². The first kappa shape index (κ1) is 19.9. The molecule has 3 saturated heterocycles. The van der Waals surface area contributed by atoms with Crippen LogP contribution in [0, 0.1) is 11.8 Å². The third-order valence-electron chi connectivity index (χ3n) is 8.81. The maximum absolute atomic E-state index is 3.73. The molecule has 5 rings (SSSR count). The molecule has 1 N–H and O–H groups in total. The number of hydrogen-bond acceptors (Lipinski definition) is 3. The number of rotatable bonds is 2. The first-order valence-electron chi connectivity index (χ1n) is 12.6. The molecule has 3 heteroatoms. The van der Waals surface area contributed by atoms with Crippen LogP contribution in [-0.2, 0) is 0 Å². The molecule has 29 heavy (non-hydrogen) atoms. The largest absolute Gasteiger partial charge is 0.365 e. The van der Waals surface area contributed by atoms with Crippen molar-refractivity contribution in [2.75, 3.05) is 37.6 Å². The van der Waals surface area contributed by atoms with Crippen molar-refractivity contribution in [3.8, 4) is 0 Å². The molecular formula is C26H41N3. The number of anilines is 1. The van der Waals surface area contributed by atoms with Crippen molar-refractivity contribution in [3.05, 3.63) is 30.3 Å². The van der Waals surface area contributed by atoms with E-state index in [1.54, 1.807) is 0 Å². The predicted octanol–water partition coefficient (Wildman–Crippen LogP) is 5.07. The van der Waals surface area contributed by atoms with Crippen LogP contribution in [0.15, 0.2) is 30.3 Å². The second-order valence-corrected chi connectivity index (χ2v) is 10.3. The lowest BCUT2D eigenvalue weighted by molar-refractivity contribution is 0.0850. The van der Waals surface area contributed by atoms with Gasteiger partial charge in [0.25, 0.3) is 0 Å². The van der Waals surface area contributed by atoms with Crippen LogP contribution >= 0.6 is 0 Å². The third-order valence-corrected chi connectivity index (χ3v) is 8.81. The van der Waals surface area contributed by atoms with Gasteiger partial charge in [0, 0.05) is 55.9 Å². The predicted molar refractivity (Wildman–Crippen MR) is 123 cm³/mol. The summed E-state index contributed by atoms with van der Waals surface area (Å²) in [6.07, 6.45) is 15.9. The van der Waals surface area contributed by atoms with Crippen LogP contribution in [-0.4, -0.2) is 49.2 Å². The summed E-state index contributed by atoms with van der Waals surface area (Å²) in [4.78, 5) is 5.75. The average molecular weight is 396 g/mol. The normalized spacial score (nSPS) is 31.8.